The summed E-state index contributed by atoms with van der Waals surface area (Å²) in [4.78, 5) is 28.8. The molecular weight excluding hydrogens is 516 g/mol. The van der Waals surface area contributed by atoms with Crippen molar-refractivity contribution < 1.29 is 28.0 Å². The SMILES string of the molecule is CCN(OC(C)=O)C(=O)c1cccc(S(=O)(=O)c2ccc(CCNC[C@H](O)c3cccc(Cl)c3)cc2)c1. The van der Waals surface area contributed by atoms with Crippen molar-refractivity contribution in [2.75, 3.05) is 19.6 Å². The number of hydrogen-bond acceptors (Lipinski definition) is 7. The van der Waals surface area contributed by atoms with E-state index in [2.05, 4.69) is 5.32 Å². The third kappa shape index (κ3) is 7.62. The number of sulfone groups is 1. The van der Waals surface area contributed by atoms with Crippen LogP contribution in [0.2, 0.25) is 5.02 Å². The van der Waals surface area contributed by atoms with Gasteiger partial charge in [0.15, 0.2) is 0 Å². The van der Waals surface area contributed by atoms with Gasteiger partial charge in [0.2, 0.25) is 9.84 Å². The van der Waals surface area contributed by atoms with Gasteiger partial charge in [0.25, 0.3) is 5.91 Å². The Balaban J connectivity index is 1.62. The zero-order valence-corrected chi connectivity index (χ0v) is 22.1. The molecule has 3 rings (SSSR count). The number of hydroxylamine groups is 2. The number of amides is 1. The van der Waals surface area contributed by atoms with Crippen LogP contribution in [0.3, 0.4) is 0 Å². The van der Waals surface area contributed by atoms with Gasteiger partial charge in [0, 0.05) is 24.1 Å². The summed E-state index contributed by atoms with van der Waals surface area (Å²) in [5, 5.41) is 14.9. The van der Waals surface area contributed by atoms with Gasteiger partial charge in [-0.3, -0.25) is 9.59 Å². The molecule has 0 aliphatic heterocycles. The number of rotatable bonds is 10. The van der Waals surface area contributed by atoms with Gasteiger partial charge in [-0.2, -0.15) is 5.06 Å². The van der Waals surface area contributed by atoms with Crippen LogP contribution in [0.15, 0.2) is 82.6 Å². The molecule has 0 aliphatic rings. The van der Waals surface area contributed by atoms with E-state index < -0.39 is 27.8 Å². The van der Waals surface area contributed by atoms with Crippen LogP contribution in [0.25, 0.3) is 0 Å². The first-order valence-electron chi connectivity index (χ1n) is 11.7. The number of benzene rings is 3. The van der Waals surface area contributed by atoms with Gasteiger partial charge < -0.3 is 15.3 Å². The van der Waals surface area contributed by atoms with E-state index in [4.69, 9.17) is 16.4 Å². The first kappa shape index (κ1) is 28.3. The van der Waals surface area contributed by atoms with E-state index >= 15 is 0 Å². The Kier molecular flexibility index (Phi) is 9.82. The van der Waals surface area contributed by atoms with Gasteiger partial charge in [0.05, 0.1) is 22.4 Å². The summed E-state index contributed by atoms with van der Waals surface area (Å²) in [5.74, 6) is -1.26. The molecule has 0 spiro atoms. The van der Waals surface area contributed by atoms with E-state index in [1.54, 1.807) is 37.3 Å². The summed E-state index contributed by atoms with van der Waals surface area (Å²) in [7, 11) is -3.88. The highest BCUT2D eigenvalue weighted by Crippen LogP contribution is 2.23. The summed E-state index contributed by atoms with van der Waals surface area (Å²) in [6, 6.07) is 19.2. The van der Waals surface area contributed by atoms with Crippen LogP contribution in [0.5, 0.6) is 0 Å². The summed E-state index contributed by atoms with van der Waals surface area (Å²) < 4.78 is 26.3. The number of nitrogens with one attached hydrogen (secondary N) is 1. The van der Waals surface area contributed by atoms with Crippen LogP contribution < -0.4 is 5.32 Å². The molecule has 0 fully saturated rings. The van der Waals surface area contributed by atoms with Crippen molar-refractivity contribution in [2.45, 2.75) is 36.2 Å². The molecule has 1 amide bonds. The molecule has 0 saturated heterocycles. The van der Waals surface area contributed by atoms with Crippen LogP contribution in [0.1, 0.15) is 41.4 Å². The molecule has 10 heteroatoms. The Morgan fingerprint density at radius 3 is 2.38 bits per heavy atom. The molecule has 8 nitrogen and oxygen atoms in total. The third-order valence-corrected chi connectivity index (χ3v) is 7.54. The van der Waals surface area contributed by atoms with Gasteiger partial charge in [0.1, 0.15) is 0 Å². The zero-order valence-electron chi connectivity index (χ0n) is 20.6. The Hall–Kier alpha value is -3.24. The fourth-order valence-corrected chi connectivity index (χ4v) is 5.12. The minimum absolute atomic E-state index is 0.0401. The standard InChI is InChI=1S/C27H29ClN2O6S/c1-3-30(36-19(2)31)27(33)22-7-5-9-25(17-22)37(34,35)24-12-10-20(11-13-24)14-15-29-18-26(32)21-6-4-8-23(28)16-21/h4-13,16-17,26,29,32H,3,14-15,18H2,1-2H3/t26-/m0/s1. The average Bonchev–Trinajstić information content (AvgIpc) is 2.89. The zero-order chi connectivity index (χ0) is 27.0. The Morgan fingerprint density at radius 2 is 1.73 bits per heavy atom. The molecule has 0 aliphatic carbocycles. The van der Waals surface area contributed by atoms with Gasteiger partial charge in [-0.25, -0.2) is 8.42 Å². The lowest BCUT2D eigenvalue weighted by atomic mass is 10.1. The Morgan fingerprint density at radius 1 is 1.03 bits per heavy atom. The smallest absolute Gasteiger partial charge is 0.329 e. The highest BCUT2D eigenvalue weighted by Gasteiger charge is 2.22. The van der Waals surface area contributed by atoms with Crippen LogP contribution in [0, 0.1) is 0 Å². The predicted octanol–water partition coefficient (Wildman–Crippen LogP) is 3.98. The van der Waals surface area contributed by atoms with Crippen LogP contribution in [0.4, 0.5) is 0 Å². The van der Waals surface area contributed by atoms with Gasteiger partial charge in [-0.15, -0.1) is 0 Å². The van der Waals surface area contributed by atoms with Crippen molar-refractivity contribution in [3.05, 3.63) is 94.5 Å². The molecule has 0 radical (unpaired) electrons. The van der Waals surface area contributed by atoms with E-state index in [0.29, 0.717) is 24.5 Å². The number of halogens is 1. The molecule has 0 bridgehead atoms. The second-order valence-electron chi connectivity index (χ2n) is 8.28. The Bertz CT molecular complexity index is 1350. The molecule has 0 heterocycles. The molecule has 3 aromatic carbocycles. The van der Waals surface area contributed by atoms with Gasteiger partial charge in [-0.1, -0.05) is 41.9 Å². The van der Waals surface area contributed by atoms with Crippen LogP contribution in [-0.4, -0.2) is 50.1 Å². The maximum atomic E-state index is 13.2. The summed E-state index contributed by atoms with van der Waals surface area (Å²) >= 11 is 5.96. The van der Waals surface area contributed by atoms with Crippen molar-refractivity contribution in [3.8, 4) is 0 Å². The molecular formula is C27H29ClN2O6S. The molecule has 37 heavy (non-hydrogen) atoms. The lowest BCUT2D eigenvalue weighted by Gasteiger charge is -2.18. The number of aliphatic hydroxyl groups excluding tert-OH is 1. The van der Waals surface area contributed by atoms with E-state index in [-0.39, 0.29) is 21.9 Å². The minimum atomic E-state index is -3.88. The second kappa shape index (κ2) is 12.8. The molecule has 2 N–H and O–H groups in total. The average molecular weight is 545 g/mol. The van der Waals surface area contributed by atoms with Crippen molar-refractivity contribution in [3.63, 3.8) is 0 Å². The monoisotopic (exact) mass is 544 g/mol. The van der Waals surface area contributed by atoms with E-state index in [1.165, 1.54) is 43.3 Å². The molecule has 1 atom stereocenters. The lowest BCUT2D eigenvalue weighted by molar-refractivity contribution is -0.174. The fraction of sp³-hybridized carbons (Fsp3) is 0.259. The number of hydrogen-bond donors (Lipinski definition) is 2. The first-order chi connectivity index (χ1) is 17.6. The molecule has 3 aromatic rings. The highest BCUT2D eigenvalue weighted by molar-refractivity contribution is 7.91. The summed E-state index contributed by atoms with van der Waals surface area (Å²) in [5.41, 5.74) is 1.74. The van der Waals surface area contributed by atoms with E-state index in [1.807, 2.05) is 6.07 Å². The van der Waals surface area contributed by atoms with Crippen molar-refractivity contribution in [1.82, 2.24) is 10.4 Å². The number of carbonyl (C=O) groups excluding carboxylic acids is 2. The predicted molar refractivity (Wildman–Crippen MR) is 140 cm³/mol. The lowest BCUT2D eigenvalue weighted by Crippen LogP contribution is -2.32. The van der Waals surface area contributed by atoms with E-state index in [9.17, 15) is 23.1 Å². The van der Waals surface area contributed by atoms with Gasteiger partial charge >= 0.3 is 5.97 Å². The van der Waals surface area contributed by atoms with E-state index in [0.717, 1.165) is 16.2 Å². The van der Waals surface area contributed by atoms with Gasteiger partial charge in [-0.05, 0) is 73.5 Å². The molecule has 196 valence electrons. The number of aliphatic hydroxyl groups is 1. The van der Waals surface area contributed by atoms with Crippen LogP contribution >= 0.6 is 11.6 Å². The minimum Gasteiger partial charge on any atom is -0.387 e. The molecule has 0 saturated carbocycles. The number of carbonyl (C=O) groups is 2. The molecule has 0 unspecified atom stereocenters. The van der Waals surface area contributed by atoms with Crippen molar-refractivity contribution >= 4 is 33.3 Å². The Labute approximate surface area is 221 Å². The first-order valence-corrected chi connectivity index (χ1v) is 13.6. The maximum absolute atomic E-state index is 13.2. The fourth-order valence-electron chi connectivity index (χ4n) is 3.62. The van der Waals surface area contributed by atoms with Crippen molar-refractivity contribution in [1.29, 1.82) is 0 Å². The quantitative estimate of drug-likeness (QED) is 0.293. The second-order valence-corrected chi connectivity index (χ2v) is 10.7. The maximum Gasteiger partial charge on any atom is 0.329 e. The van der Waals surface area contributed by atoms with Crippen molar-refractivity contribution in [2.24, 2.45) is 0 Å². The number of nitrogens with zero attached hydrogens (tertiary/aromatic N) is 1. The largest absolute Gasteiger partial charge is 0.387 e. The topological polar surface area (TPSA) is 113 Å². The normalized spacial score (nSPS) is 12.1. The summed E-state index contributed by atoms with van der Waals surface area (Å²) in [6.07, 6.45) is -0.0532. The van der Waals surface area contributed by atoms with Crippen LogP contribution in [-0.2, 0) is 25.9 Å². The highest BCUT2D eigenvalue weighted by atomic mass is 35.5. The third-order valence-electron chi connectivity index (χ3n) is 5.54. The molecule has 0 aromatic heterocycles. The summed E-state index contributed by atoms with van der Waals surface area (Å²) in [6.45, 7) is 3.88.